The highest BCUT2D eigenvalue weighted by atomic mass is 79.9. The predicted molar refractivity (Wildman–Crippen MR) is 104 cm³/mol. The summed E-state index contributed by atoms with van der Waals surface area (Å²) in [6, 6.07) is 11.9. The van der Waals surface area contributed by atoms with E-state index in [9.17, 15) is 8.42 Å². The topological polar surface area (TPSA) is 68.3 Å². The lowest BCUT2D eigenvalue weighted by Crippen LogP contribution is -2.14. The third-order valence-electron chi connectivity index (χ3n) is 3.28. The molecule has 0 aliphatic heterocycles. The average Bonchev–Trinajstić information content (AvgIpc) is 3.03. The molecule has 0 atom stereocenters. The van der Waals surface area contributed by atoms with Gasteiger partial charge in [0.05, 0.1) is 12.8 Å². The van der Waals surface area contributed by atoms with Crippen LogP contribution in [0.2, 0.25) is 5.02 Å². The van der Waals surface area contributed by atoms with Crippen molar-refractivity contribution in [2.24, 2.45) is 0 Å². The Labute approximate surface area is 162 Å². The van der Waals surface area contributed by atoms with Crippen molar-refractivity contribution in [1.82, 2.24) is 4.98 Å². The monoisotopic (exact) mass is 458 g/mol. The molecule has 0 saturated heterocycles. The van der Waals surface area contributed by atoms with Gasteiger partial charge in [-0.05, 0) is 30.3 Å². The van der Waals surface area contributed by atoms with Crippen LogP contribution in [0.25, 0.3) is 11.3 Å². The Morgan fingerprint density at radius 1 is 1.20 bits per heavy atom. The second-order valence-electron chi connectivity index (χ2n) is 4.95. The van der Waals surface area contributed by atoms with E-state index in [2.05, 4.69) is 25.6 Å². The van der Waals surface area contributed by atoms with Crippen LogP contribution in [0.15, 0.2) is 57.2 Å². The van der Waals surface area contributed by atoms with Crippen LogP contribution < -0.4 is 9.46 Å². The molecule has 130 valence electrons. The average molecular weight is 460 g/mol. The van der Waals surface area contributed by atoms with E-state index in [1.165, 1.54) is 24.5 Å². The number of aromatic nitrogens is 1. The van der Waals surface area contributed by atoms with Gasteiger partial charge < -0.3 is 4.74 Å². The van der Waals surface area contributed by atoms with Crippen LogP contribution in [0.3, 0.4) is 0 Å². The predicted octanol–water partition coefficient (Wildman–Crippen LogP) is 5.04. The Hall–Kier alpha value is -1.61. The molecule has 0 amide bonds. The summed E-state index contributed by atoms with van der Waals surface area (Å²) in [5.74, 6) is 0.255. The second-order valence-corrected chi connectivity index (χ2v) is 8.81. The van der Waals surface area contributed by atoms with Gasteiger partial charge >= 0.3 is 0 Å². The van der Waals surface area contributed by atoms with Gasteiger partial charge in [0, 0.05) is 20.4 Å². The fourth-order valence-corrected chi connectivity index (χ4v) is 4.91. The van der Waals surface area contributed by atoms with E-state index in [0.29, 0.717) is 15.2 Å². The number of ether oxygens (including phenoxy) is 1. The zero-order valence-electron chi connectivity index (χ0n) is 12.9. The van der Waals surface area contributed by atoms with Gasteiger partial charge in [-0.1, -0.05) is 39.7 Å². The Kier molecular flexibility index (Phi) is 5.33. The van der Waals surface area contributed by atoms with Gasteiger partial charge in [0.25, 0.3) is 10.0 Å². The van der Waals surface area contributed by atoms with Crippen LogP contribution in [0.4, 0.5) is 5.13 Å². The molecule has 25 heavy (non-hydrogen) atoms. The third kappa shape index (κ3) is 4.14. The van der Waals surface area contributed by atoms with E-state index < -0.39 is 10.0 Å². The molecule has 3 aromatic rings. The first-order chi connectivity index (χ1) is 11.9. The molecule has 0 saturated carbocycles. The lowest BCUT2D eigenvalue weighted by molar-refractivity contribution is 0.403. The standard InChI is InChI=1S/C16H12BrClN2O3S2/c1-23-14-7-4-11(17)8-15(14)25(21,22)20-16-19-13(9-24-16)10-2-5-12(18)6-3-10/h2-9H,1H3,(H,19,20). The number of hydrogen-bond acceptors (Lipinski definition) is 5. The zero-order chi connectivity index (χ0) is 18.0. The Morgan fingerprint density at radius 3 is 2.60 bits per heavy atom. The maximum atomic E-state index is 12.7. The highest BCUT2D eigenvalue weighted by molar-refractivity contribution is 9.10. The number of nitrogens with one attached hydrogen (secondary N) is 1. The minimum atomic E-state index is -3.83. The lowest BCUT2D eigenvalue weighted by Gasteiger charge is -2.10. The summed E-state index contributed by atoms with van der Waals surface area (Å²) in [6.07, 6.45) is 0. The van der Waals surface area contributed by atoms with Gasteiger partial charge in [-0.3, -0.25) is 4.72 Å². The summed E-state index contributed by atoms with van der Waals surface area (Å²) >= 11 is 10.3. The molecule has 0 fully saturated rings. The van der Waals surface area contributed by atoms with Gasteiger partial charge in [0.15, 0.2) is 5.13 Å². The van der Waals surface area contributed by atoms with E-state index in [-0.39, 0.29) is 15.8 Å². The summed E-state index contributed by atoms with van der Waals surface area (Å²) in [7, 11) is -2.41. The number of hydrogen-bond donors (Lipinski definition) is 1. The van der Waals surface area contributed by atoms with Crippen molar-refractivity contribution in [2.75, 3.05) is 11.8 Å². The number of thiazole rings is 1. The molecule has 1 aromatic heterocycles. The largest absolute Gasteiger partial charge is 0.495 e. The van der Waals surface area contributed by atoms with Crippen molar-refractivity contribution < 1.29 is 13.2 Å². The number of benzene rings is 2. The van der Waals surface area contributed by atoms with Crippen molar-refractivity contribution in [3.05, 3.63) is 57.3 Å². The van der Waals surface area contributed by atoms with Gasteiger partial charge in [-0.2, -0.15) is 0 Å². The summed E-state index contributed by atoms with van der Waals surface area (Å²) < 4.78 is 33.6. The SMILES string of the molecule is COc1ccc(Br)cc1S(=O)(=O)Nc1nc(-c2ccc(Cl)cc2)cs1. The fraction of sp³-hybridized carbons (Fsp3) is 0.0625. The smallest absolute Gasteiger partial charge is 0.267 e. The van der Waals surface area contributed by atoms with Crippen molar-refractivity contribution in [3.8, 4) is 17.0 Å². The zero-order valence-corrected chi connectivity index (χ0v) is 16.8. The van der Waals surface area contributed by atoms with Gasteiger partial charge in [0.2, 0.25) is 0 Å². The van der Waals surface area contributed by atoms with Crippen LogP contribution in [0.5, 0.6) is 5.75 Å². The lowest BCUT2D eigenvalue weighted by atomic mass is 10.2. The number of methoxy groups -OCH3 is 1. The van der Waals surface area contributed by atoms with E-state index >= 15 is 0 Å². The van der Waals surface area contributed by atoms with Crippen molar-refractivity contribution >= 4 is 54.0 Å². The van der Waals surface area contributed by atoms with Crippen LogP contribution in [-0.2, 0) is 10.0 Å². The summed E-state index contributed by atoms with van der Waals surface area (Å²) in [6.45, 7) is 0. The first-order valence-electron chi connectivity index (χ1n) is 6.97. The molecule has 0 bridgehead atoms. The Balaban J connectivity index is 1.90. The number of nitrogens with zero attached hydrogens (tertiary/aromatic N) is 1. The highest BCUT2D eigenvalue weighted by Gasteiger charge is 2.21. The van der Waals surface area contributed by atoms with E-state index in [1.807, 2.05) is 12.1 Å². The summed E-state index contributed by atoms with van der Waals surface area (Å²) in [4.78, 5) is 4.37. The van der Waals surface area contributed by atoms with Gasteiger partial charge in [-0.25, -0.2) is 13.4 Å². The first-order valence-corrected chi connectivity index (χ1v) is 10.5. The Bertz CT molecular complexity index is 1000. The molecule has 9 heteroatoms. The van der Waals surface area contributed by atoms with E-state index in [0.717, 1.165) is 5.56 Å². The molecule has 3 rings (SSSR count). The molecule has 0 aliphatic rings. The normalized spacial score (nSPS) is 11.3. The molecular weight excluding hydrogens is 448 g/mol. The molecule has 2 aromatic carbocycles. The molecule has 1 heterocycles. The minimum Gasteiger partial charge on any atom is -0.495 e. The number of halogens is 2. The Morgan fingerprint density at radius 2 is 1.92 bits per heavy atom. The van der Waals surface area contributed by atoms with Crippen LogP contribution in [-0.4, -0.2) is 20.5 Å². The minimum absolute atomic E-state index is 0.0348. The fourth-order valence-electron chi connectivity index (χ4n) is 2.10. The van der Waals surface area contributed by atoms with E-state index in [4.69, 9.17) is 16.3 Å². The van der Waals surface area contributed by atoms with Crippen molar-refractivity contribution in [3.63, 3.8) is 0 Å². The molecule has 0 aliphatic carbocycles. The molecular formula is C16H12BrClN2O3S2. The quantitative estimate of drug-likeness (QED) is 0.581. The molecule has 5 nitrogen and oxygen atoms in total. The number of rotatable bonds is 5. The van der Waals surface area contributed by atoms with Crippen LogP contribution in [0, 0.1) is 0 Å². The van der Waals surface area contributed by atoms with Crippen LogP contribution in [0.1, 0.15) is 0 Å². The van der Waals surface area contributed by atoms with Crippen molar-refractivity contribution in [1.29, 1.82) is 0 Å². The van der Waals surface area contributed by atoms with Gasteiger partial charge in [-0.15, -0.1) is 11.3 Å². The maximum Gasteiger partial charge on any atom is 0.267 e. The molecule has 0 spiro atoms. The molecule has 1 N–H and O–H groups in total. The summed E-state index contributed by atoms with van der Waals surface area (Å²) in [5, 5.41) is 2.67. The second kappa shape index (κ2) is 7.33. The summed E-state index contributed by atoms with van der Waals surface area (Å²) in [5.41, 5.74) is 1.52. The third-order valence-corrected chi connectivity index (χ3v) is 6.27. The van der Waals surface area contributed by atoms with Crippen LogP contribution >= 0.6 is 38.9 Å². The van der Waals surface area contributed by atoms with Gasteiger partial charge in [0.1, 0.15) is 10.6 Å². The van der Waals surface area contributed by atoms with E-state index in [1.54, 1.807) is 29.6 Å². The number of anilines is 1. The van der Waals surface area contributed by atoms with Crippen molar-refractivity contribution in [2.45, 2.75) is 4.90 Å². The first kappa shape index (κ1) is 18.2. The number of sulfonamides is 1. The highest BCUT2D eigenvalue weighted by Crippen LogP contribution is 2.31. The molecule has 0 radical (unpaired) electrons. The maximum absolute atomic E-state index is 12.7. The molecule has 0 unspecified atom stereocenters.